The number of carbonyl (C=O) groups excluding carboxylic acids is 2. The van der Waals surface area contributed by atoms with E-state index in [0.29, 0.717) is 6.42 Å². The Morgan fingerprint density at radius 2 is 2.22 bits per heavy atom. The van der Waals surface area contributed by atoms with Gasteiger partial charge in [-0.05, 0) is 13.3 Å². The van der Waals surface area contributed by atoms with Crippen LogP contribution in [0.3, 0.4) is 0 Å². The van der Waals surface area contributed by atoms with Crippen molar-refractivity contribution in [1.29, 1.82) is 5.26 Å². The molecule has 0 radical (unpaired) electrons. The van der Waals surface area contributed by atoms with Gasteiger partial charge in [-0.1, -0.05) is 26.2 Å². The van der Waals surface area contributed by atoms with Crippen LogP contribution in [0.2, 0.25) is 0 Å². The minimum absolute atomic E-state index is 0.212. The van der Waals surface area contributed by atoms with Crippen LogP contribution >= 0.6 is 0 Å². The summed E-state index contributed by atoms with van der Waals surface area (Å²) in [4.78, 5) is 22.7. The van der Waals surface area contributed by atoms with E-state index in [0.717, 1.165) is 19.3 Å². The molecule has 2 N–H and O–H groups in total. The SMILES string of the molecule is CCCCCC(C#N)C1NC(=O)C(C(C)=O)=C1O. The number of Topliss-reactive ketones (excluding diaryl/α,β-unsaturated/α-hetero) is 1. The van der Waals surface area contributed by atoms with Crippen molar-refractivity contribution in [3.63, 3.8) is 0 Å². The number of carbonyl (C=O) groups is 2. The Morgan fingerprint density at radius 3 is 2.67 bits per heavy atom. The first kappa shape index (κ1) is 14.2. The highest BCUT2D eigenvalue weighted by atomic mass is 16.3. The molecule has 1 aliphatic rings. The van der Waals surface area contributed by atoms with Gasteiger partial charge in [-0.3, -0.25) is 9.59 Å². The van der Waals surface area contributed by atoms with Crippen LogP contribution < -0.4 is 5.32 Å². The number of rotatable bonds is 6. The lowest BCUT2D eigenvalue weighted by atomic mass is 9.93. The average Bonchev–Trinajstić information content (AvgIpc) is 2.60. The first-order valence-corrected chi connectivity index (χ1v) is 6.17. The highest BCUT2D eigenvalue weighted by Gasteiger charge is 2.38. The second-order valence-corrected chi connectivity index (χ2v) is 4.50. The minimum atomic E-state index is -0.738. The number of nitrogens with one attached hydrogen (secondary N) is 1. The van der Waals surface area contributed by atoms with Crippen LogP contribution in [0.5, 0.6) is 0 Å². The highest BCUT2D eigenvalue weighted by Crippen LogP contribution is 2.25. The van der Waals surface area contributed by atoms with Crippen LogP contribution in [0, 0.1) is 17.2 Å². The fourth-order valence-corrected chi connectivity index (χ4v) is 2.10. The molecule has 98 valence electrons. The molecular weight excluding hydrogens is 232 g/mol. The third-order valence-corrected chi connectivity index (χ3v) is 3.10. The van der Waals surface area contributed by atoms with Crippen LogP contribution in [0.1, 0.15) is 39.5 Å². The summed E-state index contributed by atoms with van der Waals surface area (Å²) in [5.41, 5.74) is -0.212. The van der Waals surface area contributed by atoms with Gasteiger partial charge >= 0.3 is 0 Å². The number of amides is 1. The average molecular weight is 250 g/mol. The molecule has 0 spiro atoms. The van der Waals surface area contributed by atoms with E-state index in [1.54, 1.807) is 0 Å². The second-order valence-electron chi connectivity index (χ2n) is 4.50. The predicted molar refractivity (Wildman–Crippen MR) is 65.5 cm³/mol. The zero-order chi connectivity index (χ0) is 13.7. The van der Waals surface area contributed by atoms with Crippen molar-refractivity contribution in [1.82, 2.24) is 5.32 Å². The van der Waals surface area contributed by atoms with E-state index >= 15 is 0 Å². The van der Waals surface area contributed by atoms with E-state index < -0.39 is 23.7 Å². The van der Waals surface area contributed by atoms with Crippen LogP contribution in [-0.2, 0) is 9.59 Å². The minimum Gasteiger partial charge on any atom is -0.509 e. The maximum Gasteiger partial charge on any atom is 0.259 e. The van der Waals surface area contributed by atoms with E-state index in [2.05, 4.69) is 18.3 Å². The molecule has 0 saturated carbocycles. The van der Waals surface area contributed by atoms with Crippen LogP contribution in [-0.4, -0.2) is 22.8 Å². The predicted octanol–water partition coefficient (Wildman–Crippen LogP) is 1.61. The Labute approximate surface area is 106 Å². The molecule has 0 bridgehead atoms. The molecule has 0 aromatic heterocycles. The van der Waals surface area contributed by atoms with Gasteiger partial charge in [0.15, 0.2) is 5.78 Å². The van der Waals surface area contributed by atoms with Gasteiger partial charge in [-0.15, -0.1) is 0 Å². The summed E-state index contributed by atoms with van der Waals surface area (Å²) in [5, 5.41) is 21.5. The maximum absolute atomic E-state index is 11.5. The summed E-state index contributed by atoms with van der Waals surface area (Å²) in [5.74, 6) is -1.83. The molecule has 1 rings (SSSR count). The molecule has 2 unspecified atom stereocenters. The molecule has 1 heterocycles. The Morgan fingerprint density at radius 1 is 1.56 bits per heavy atom. The number of hydrogen-bond donors (Lipinski definition) is 2. The quantitative estimate of drug-likeness (QED) is 0.553. The van der Waals surface area contributed by atoms with Crippen LogP contribution in [0.4, 0.5) is 0 Å². The second kappa shape index (κ2) is 6.20. The number of aliphatic hydroxyl groups is 1. The Bertz CT molecular complexity index is 420. The van der Waals surface area contributed by atoms with Gasteiger partial charge in [0.2, 0.25) is 0 Å². The number of unbranched alkanes of at least 4 members (excludes halogenated alkanes) is 2. The van der Waals surface area contributed by atoms with Gasteiger partial charge < -0.3 is 10.4 Å². The molecule has 1 aliphatic heterocycles. The van der Waals surface area contributed by atoms with E-state index in [-0.39, 0.29) is 11.3 Å². The lowest BCUT2D eigenvalue weighted by molar-refractivity contribution is -0.121. The first-order valence-electron chi connectivity index (χ1n) is 6.17. The Kier molecular flexibility index (Phi) is 4.90. The largest absolute Gasteiger partial charge is 0.509 e. The number of ketones is 1. The normalized spacial score (nSPS) is 20.5. The van der Waals surface area contributed by atoms with Crippen LogP contribution in [0.25, 0.3) is 0 Å². The van der Waals surface area contributed by atoms with E-state index in [9.17, 15) is 14.7 Å². The number of nitrogens with zero attached hydrogens (tertiary/aromatic N) is 1. The Hall–Kier alpha value is -1.83. The molecule has 0 aromatic carbocycles. The zero-order valence-electron chi connectivity index (χ0n) is 10.7. The molecule has 0 fully saturated rings. The van der Waals surface area contributed by atoms with Crippen molar-refractivity contribution >= 4 is 11.7 Å². The standard InChI is InChI=1S/C13H18N2O3/c1-3-4-5-6-9(7-14)11-12(17)10(8(2)16)13(18)15-11/h9,11,17H,3-6H2,1-2H3,(H,15,18). The number of hydrogen-bond acceptors (Lipinski definition) is 4. The summed E-state index contributed by atoms with van der Waals surface area (Å²) in [7, 11) is 0. The van der Waals surface area contributed by atoms with Gasteiger partial charge in [0.1, 0.15) is 17.4 Å². The lowest BCUT2D eigenvalue weighted by Gasteiger charge is -2.17. The van der Waals surface area contributed by atoms with Crippen LogP contribution in [0.15, 0.2) is 11.3 Å². The van der Waals surface area contributed by atoms with Crippen molar-refractivity contribution in [3.8, 4) is 6.07 Å². The Balaban J connectivity index is 2.81. The smallest absolute Gasteiger partial charge is 0.259 e. The number of aliphatic hydroxyl groups excluding tert-OH is 1. The molecule has 1 amide bonds. The first-order chi connectivity index (χ1) is 8.52. The van der Waals surface area contributed by atoms with Gasteiger partial charge in [0.05, 0.1) is 12.0 Å². The highest BCUT2D eigenvalue weighted by molar-refractivity contribution is 6.20. The van der Waals surface area contributed by atoms with Crippen molar-refractivity contribution in [2.24, 2.45) is 5.92 Å². The fourth-order valence-electron chi connectivity index (χ4n) is 2.10. The molecule has 5 nitrogen and oxygen atoms in total. The van der Waals surface area contributed by atoms with Crippen molar-refractivity contribution in [2.75, 3.05) is 0 Å². The summed E-state index contributed by atoms with van der Waals surface area (Å²) in [6.45, 7) is 3.29. The lowest BCUT2D eigenvalue weighted by Crippen LogP contribution is -2.35. The maximum atomic E-state index is 11.5. The van der Waals surface area contributed by atoms with Gasteiger partial charge in [-0.2, -0.15) is 5.26 Å². The molecular formula is C13H18N2O3. The number of nitriles is 1. The monoisotopic (exact) mass is 250 g/mol. The third-order valence-electron chi connectivity index (χ3n) is 3.10. The zero-order valence-corrected chi connectivity index (χ0v) is 10.7. The molecule has 0 aliphatic carbocycles. The molecule has 0 aromatic rings. The topological polar surface area (TPSA) is 90.2 Å². The molecule has 0 saturated heterocycles. The fraction of sp³-hybridized carbons (Fsp3) is 0.615. The van der Waals surface area contributed by atoms with E-state index in [1.807, 2.05) is 0 Å². The van der Waals surface area contributed by atoms with Gasteiger partial charge in [0, 0.05) is 0 Å². The third kappa shape index (κ3) is 2.89. The van der Waals surface area contributed by atoms with E-state index in [1.165, 1.54) is 6.92 Å². The van der Waals surface area contributed by atoms with Crippen molar-refractivity contribution in [3.05, 3.63) is 11.3 Å². The molecule has 5 heteroatoms. The summed E-state index contributed by atoms with van der Waals surface area (Å²) < 4.78 is 0. The summed E-state index contributed by atoms with van der Waals surface area (Å²) in [6, 6.07) is 1.36. The molecule has 18 heavy (non-hydrogen) atoms. The summed E-state index contributed by atoms with van der Waals surface area (Å²) in [6.07, 6.45) is 3.51. The van der Waals surface area contributed by atoms with Crippen molar-refractivity contribution < 1.29 is 14.7 Å². The van der Waals surface area contributed by atoms with Crippen molar-refractivity contribution in [2.45, 2.75) is 45.6 Å². The van der Waals surface area contributed by atoms with E-state index in [4.69, 9.17) is 5.26 Å². The molecule has 2 atom stereocenters. The van der Waals surface area contributed by atoms with Gasteiger partial charge in [0.25, 0.3) is 5.91 Å². The summed E-state index contributed by atoms with van der Waals surface area (Å²) >= 11 is 0. The van der Waals surface area contributed by atoms with Gasteiger partial charge in [-0.25, -0.2) is 0 Å².